The third-order valence-electron chi connectivity index (χ3n) is 3.88. The Morgan fingerprint density at radius 3 is 2.48 bits per heavy atom. The molecule has 0 amide bonds. The van der Waals surface area contributed by atoms with Crippen LogP contribution >= 0.6 is 11.6 Å². The minimum atomic E-state index is -2.59. The van der Waals surface area contributed by atoms with Gasteiger partial charge >= 0.3 is 0 Å². The summed E-state index contributed by atoms with van der Waals surface area (Å²) in [7, 11) is -0.641. The quantitative estimate of drug-likeness (QED) is 0.497. The molecule has 1 unspecified atom stereocenters. The molecule has 25 heavy (non-hydrogen) atoms. The van der Waals surface area contributed by atoms with Gasteiger partial charge in [0.1, 0.15) is 0 Å². The number of aliphatic imine (C=N–C) groups is 1. The van der Waals surface area contributed by atoms with Gasteiger partial charge in [0.25, 0.3) is 0 Å². The monoisotopic (exact) mass is 377 g/mol. The maximum Gasteiger partial charge on any atom is 0.0910 e. The summed E-state index contributed by atoms with van der Waals surface area (Å²) in [6.07, 6.45) is 1.74. The van der Waals surface area contributed by atoms with Crippen LogP contribution in [-0.4, -0.2) is 34.8 Å². The van der Waals surface area contributed by atoms with Crippen molar-refractivity contribution >= 4 is 39.0 Å². The fourth-order valence-corrected chi connectivity index (χ4v) is 4.40. The maximum atomic E-state index is 13.5. The van der Waals surface area contributed by atoms with Crippen LogP contribution in [0.4, 0.5) is 11.4 Å². The molecule has 2 aromatic carbocycles. The lowest BCUT2D eigenvalue weighted by molar-refractivity contribution is 0.552. The van der Waals surface area contributed by atoms with E-state index in [-0.39, 0.29) is 0 Å². The van der Waals surface area contributed by atoms with Gasteiger partial charge in [-0.05, 0) is 43.7 Å². The first kappa shape index (κ1) is 19.5. The SMILES string of the molecule is CCN(C)C=Nc1cc(C)c(S(=O)(CC)=Nc2ccccc2)cc1Cl. The van der Waals surface area contributed by atoms with E-state index in [1.54, 1.807) is 12.4 Å². The van der Waals surface area contributed by atoms with Crippen LogP contribution in [0.1, 0.15) is 19.4 Å². The van der Waals surface area contributed by atoms with Gasteiger partial charge in [0.05, 0.1) is 37.4 Å². The Hall–Kier alpha value is -1.85. The van der Waals surface area contributed by atoms with E-state index >= 15 is 0 Å². The predicted octanol–water partition coefficient (Wildman–Crippen LogP) is 5.44. The summed E-state index contributed by atoms with van der Waals surface area (Å²) in [4.78, 5) is 7.05. The molecule has 4 nitrogen and oxygen atoms in total. The van der Waals surface area contributed by atoms with Gasteiger partial charge in [0.15, 0.2) is 0 Å². The largest absolute Gasteiger partial charge is 0.366 e. The lowest BCUT2D eigenvalue weighted by Crippen LogP contribution is -2.14. The molecule has 2 aromatic rings. The molecular formula is C19H24ClN3OS. The first-order chi connectivity index (χ1) is 11.9. The number of rotatable bonds is 6. The zero-order chi connectivity index (χ0) is 18.4. The molecule has 6 heteroatoms. The smallest absolute Gasteiger partial charge is 0.0910 e. The van der Waals surface area contributed by atoms with Gasteiger partial charge in [-0.25, -0.2) is 9.20 Å². The number of aryl methyl sites for hydroxylation is 1. The minimum Gasteiger partial charge on any atom is -0.366 e. The van der Waals surface area contributed by atoms with Gasteiger partial charge in [-0.2, -0.15) is 4.36 Å². The molecule has 134 valence electrons. The number of halogens is 1. The normalized spacial score (nSPS) is 13.6. The highest BCUT2D eigenvalue weighted by atomic mass is 35.5. The van der Waals surface area contributed by atoms with Crippen LogP contribution in [-0.2, 0) is 9.73 Å². The Morgan fingerprint density at radius 2 is 1.88 bits per heavy atom. The summed E-state index contributed by atoms with van der Waals surface area (Å²) in [6.45, 7) is 6.70. The van der Waals surface area contributed by atoms with Crippen molar-refractivity contribution in [2.24, 2.45) is 9.36 Å². The number of nitrogens with zero attached hydrogens (tertiary/aromatic N) is 3. The first-order valence-electron chi connectivity index (χ1n) is 8.24. The van der Waals surface area contributed by atoms with Crippen molar-refractivity contribution < 1.29 is 4.21 Å². The highest BCUT2D eigenvalue weighted by Crippen LogP contribution is 2.33. The molecular weight excluding hydrogens is 354 g/mol. The van der Waals surface area contributed by atoms with E-state index in [0.717, 1.165) is 12.1 Å². The van der Waals surface area contributed by atoms with Gasteiger partial charge in [0, 0.05) is 19.3 Å². The van der Waals surface area contributed by atoms with Crippen LogP contribution in [0.15, 0.2) is 56.7 Å². The van der Waals surface area contributed by atoms with E-state index < -0.39 is 9.73 Å². The summed E-state index contributed by atoms with van der Waals surface area (Å²) in [5.41, 5.74) is 2.25. The predicted molar refractivity (Wildman–Crippen MR) is 108 cm³/mol. The average molecular weight is 378 g/mol. The van der Waals surface area contributed by atoms with Crippen LogP contribution in [0.2, 0.25) is 5.02 Å². The molecule has 0 aromatic heterocycles. The van der Waals surface area contributed by atoms with Gasteiger partial charge in [-0.3, -0.25) is 0 Å². The van der Waals surface area contributed by atoms with E-state index in [2.05, 4.69) is 9.36 Å². The zero-order valence-corrected chi connectivity index (χ0v) is 16.6. The van der Waals surface area contributed by atoms with Crippen molar-refractivity contribution in [2.45, 2.75) is 25.7 Å². The van der Waals surface area contributed by atoms with E-state index in [0.29, 0.717) is 27.0 Å². The molecule has 0 radical (unpaired) electrons. The van der Waals surface area contributed by atoms with Crippen molar-refractivity contribution in [2.75, 3.05) is 19.3 Å². The van der Waals surface area contributed by atoms with Crippen molar-refractivity contribution in [1.82, 2.24) is 4.90 Å². The minimum absolute atomic E-state index is 0.417. The van der Waals surface area contributed by atoms with Crippen molar-refractivity contribution in [3.63, 3.8) is 0 Å². The average Bonchev–Trinajstić information content (AvgIpc) is 2.62. The van der Waals surface area contributed by atoms with E-state index in [4.69, 9.17) is 11.6 Å². The number of hydrogen-bond acceptors (Lipinski definition) is 3. The van der Waals surface area contributed by atoms with E-state index in [9.17, 15) is 4.21 Å². The molecule has 0 N–H and O–H groups in total. The number of benzene rings is 2. The fraction of sp³-hybridized carbons (Fsp3) is 0.316. The van der Waals surface area contributed by atoms with Crippen LogP contribution in [0, 0.1) is 6.92 Å². The lowest BCUT2D eigenvalue weighted by Gasteiger charge is -2.14. The highest BCUT2D eigenvalue weighted by Gasteiger charge is 2.16. The molecule has 0 aliphatic heterocycles. The zero-order valence-electron chi connectivity index (χ0n) is 15.1. The molecule has 0 fully saturated rings. The topological polar surface area (TPSA) is 45.0 Å². The van der Waals surface area contributed by atoms with Crippen LogP contribution in [0.25, 0.3) is 0 Å². The highest BCUT2D eigenvalue weighted by molar-refractivity contribution is 7.93. The second kappa shape index (κ2) is 8.50. The molecule has 0 spiro atoms. The molecule has 0 heterocycles. The van der Waals surface area contributed by atoms with Crippen molar-refractivity contribution in [3.05, 3.63) is 53.1 Å². The summed E-state index contributed by atoms with van der Waals surface area (Å²) >= 11 is 6.39. The molecule has 0 aliphatic rings. The van der Waals surface area contributed by atoms with Gasteiger partial charge in [-0.15, -0.1) is 0 Å². The Kier molecular flexibility index (Phi) is 6.62. The first-order valence-corrected chi connectivity index (χ1v) is 10.3. The third kappa shape index (κ3) is 4.83. The van der Waals surface area contributed by atoms with E-state index in [1.807, 2.05) is 69.1 Å². The van der Waals surface area contributed by atoms with Gasteiger partial charge in [0.2, 0.25) is 0 Å². The van der Waals surface area contributed by atoms with Gasteiger partial charge < -0.3 is 4.90 Å². The standard InChI is InChI=1S/C19H24ClN3OS/c1-5-23(4)14-21-18-12-15(3)19(13-17(18)20)25(24,6-2)22-16-10-8-7-9-11-16/h7-14H,5-6H2,1-4H3. The Bertz CT molecular complexity index is 872. The van der Waals surface area contributed by atoms with Crippen molar-refractivity contribution in [3.8, 4) is 0 Å². The number of hydrogen-bond donors (Lipinski definition) is 0. The van der Waals surface area contributed by atoms with Crippen LogP contribution in [0.5, 0.6) is 0 Å². The summed E-state index contributed by atoms with van der Waals surface area (Å²) < 4.78 is 18.0. The lowest BCUT2D eigenvalue weighted by atomic mass is 10.2. The Morgan fingerprint density at radius 1 is 1.20 bits per heavy atom. The second-order valence-electron chi connectivity index (χ2n) is 5.74. The fourth-order valence-electron chi connectivity index (χ4n) is 2.26. The van der Waals surface area contributed by atoms with Crippen LogP contribution < -0.4 is 0 Å². The van der Waals surface area contributed by atoms with E-state index in [1.165, 1.54) is 0 Å². The second-order valence-corrected chi connectivity index (χ2v) is 8.63. The summed E-state index contributed by atoms with van der Waals surface area (Å²) in [5, 5.41) is 0.478. The molecule has 1 atom stereocenters. The molecule has 0 saturated carbocycles. The Balaban J connectivity index is 2.51. The molecule has 0 saturated heterocycles. The Labute approximate surface area is 155 Å². The van der Waals surface area contributed by atoms with Crippen LogP contribution in [0.3, 0.4) is 0 Å². The summed E-state index contributed by atoms with van der Waals surface area (Å²) in [5.74, 6) is 0.417. The maximum absolute atomic E-state index is 13.5. The summed E-state index contributed by atoms with van der Waals surface area (Å²) in [6, 6.07) is 13.0. The third-order valence-corrected chi connectivity index (χ3v) is 6.60. The van der Waals surface area contributed by atoms with Crippen molar-refractivity contribution in [1.29, 1.82) is 0 Å². The molecule has 2 rings (SSSR count). The van der Waals surface area contributed by atoms with Gasteiger partial charge in [-0.1, -0.05) is 36.7 Å². The molecule has 0 aliphatic carbocycles. The molecule has 0 bridgehead atoms.